The van der Waals surface area contributed by atoms with E-state index in [2.05, 4.69) is 0 Å². The predicted molar refractivity (Wildman–Crippen MR) is 126 cm³/mol. The fourth-order valence-electron chi connectivity index (χ4n) is 4.52. The van der Waals surface area contributed by atoms with E-state index in [-0.39, 0.29) is 31.5 Å². The van der Waals surface area contributed by atoms with Gasteiger partial charge in [0.1, 0.15) is 36.1 Å². The van der Waals surface area contributed by atoms with Crippen molar-refractivity contribution in [2.75, 3.05) is 13.7 Å². The first-order valence-electron chi connectivity index (χ1n) is 11.8. The number of hydrogen-bond acceptors (Lipinski definition) is 6. The summed E-state index contributed by atoms with van der Waals surface area (Å²) < 4.78 is 64.1. The molecule has 2 heterocycles. The Bertz CT molecular complexity index is 1130. The molecule has 0 aromatic heterocycles. The molecule has 6 atom stereocenters. The van der Waals surface area contributed by atoms with Crippen LogP contribution in [-0.2, 0) is 41.6 Å². The van der Waals surface area contributed by atoms with Gasteiger partial charge in [0.2, 0.25) is 0 Å². The van der Waals surface area contributed by atoms with E-state index < -0.39 is 37.0 Å². The zero-order valence-electron chi connectivity index (χ0n) is 19.8. The van der Waals surface area contributed by atoms with Crippen LogP contribution in [0.3, 0.4) is 0 Å². The topological polar surface area (TPSA) is 55.4 Å². The molecule has 6 nitrogen and oxygen atoms in total. The van der Waals surface area contributed by atoms with Gasteiger partial charge in [-0.05, 0) is 35.4 Å². The minimum absolute atomic E-state index is 0.113. The molecule has 3 aromatic carbocycles. The highest BCUT2D eigenvalue weighted by Gasteiger charge is 2.51. The molecule has 0 radical (unpaired) electrons. The summed E-state index contributed by atoms with van der Waals surface area (Å²) in [5.41, 5.74) is 2.19. The number of benzene rings is 3. The fourth-order valence-corrected chi connectivity index (χ4v) is 4.52. The Morgan fingerprint density at radius 1 is 0.778 bits per heavy atom. The van der Waals surface area contributed by atoms with Crippen molar-refractivity contribution >= 4 is 0 Å². The Hall–Kier alpha value is -2.72. The molecule has 3 aromatic rings. The maximum Gasteiger partial charge on any atom is 0.186 e. The van der Waals surface area contributed by atoms with Gasteiger partial charge in [0.15, 0.2) is 12.6 Å². The molecule has 2 aliphatic heterocycles. The van der Waals surface area contributed by atoms with Crippen LogP contribution in [-0.4, -0.2) is 44.4 Å². The van der Waals surface area contributed by atoms with Crippen LogP contribution in [0, 0.1) is 11.6 Å². The zero-order chi connectivity index (χ0) is 24.9. The molecular weight excluding hydrogens is 470 g/mol. The number of halogens is 2. The van der Waals surface area contributed by atoms with Gasteiger partial charge >= 0.3 is 0 Å². The Labute approximate surface area is 208 Å². The van der Waals surface area contributed by atoms with Crippen LogP contribution in [0.1, 0.15) is 23.0 Å². The number of fused-ring (bicyclic) bond motifs is 1. The largest absolute Gasteiger partial charge is 0.368 e. The lowest BCUT2D eigenvalue weighted by Gasteiger charge is -2.48. The van der Waals surface area contributed by atoms with Gasteiger partial charge in [0.25, 0.3) is 0 Å². The number of hydrogen-bond donors (Lipinski definition) is 0. The van der Waals surface area contributed by atoms with Crippen LogP contribution in [0.2, 0.25) is 0 Å². The van der Waals surface area contributed by atoms with E-state index >= 15 is 0 Å². The quantitative estimate of drug-likeness (QED) is 0.440. The van der Waals surface area contributed by atoms with Crippen molar-refractivity contribution < 1.29 is 37.2 Å². The normalized spacial score (nSPS) is 28.0. The Morgan fingerprint density at radius 2 is 1.42 bits per heavy atom. The summed E-state index contributed by atoms with van der Waals surface area (Å²) in [4.78, 5) is 0. The first-order valence-corrected chi connectivity index (χ1v) is 11.8. The Kier molecular flexibility index (Phi) is 8.01. The van der Waals surface area contributed by atoms with E-state index in [4.69, 9.17) is 28.4 Å². The number of ether oxygens (including phenoxy) is 6. The molecule has 0 bridgehead atoms. The second-order valence-corrected chi connectivity index (χ2v) is 8.77. The molecule has 5 rings (SSSR count). The molecule has 1 unspecified atom stereocenters. The van der Waals surface area contributed by atoms with Crippen LogP contribution < -0.4 is 0 Å². The van der Waals surface area contributed by atoms with Gasteiger partial charge < -0.3 is 28.4 Å². The standard InChI is InChI=1S/C28H28F2O6/c1-31-28-26(33-16-19-8-6-12-22(30)14-19)25(32-15-18-7-5-11-21(29)13-18)24-23(35-28)17-34-27(36-24)20-9-3-2-4-10-20/h2-14,23-28H,15-17H2,1H3/t23-,24-,25+,26-,27?,28+/m1/s1. The number of methoxy groups -OCH3 is 1. The van der Waals surface area contributed by atoms with E-state index in [1.54, 1.807) is 24.3 Å². The third-order valence-corrected chi connectivity index (χ3v) is 6.25. The van der Waals surface area contributed by atoms with Gasteiger partial charge in [-0.3, -0.25) is 0 Å². The second kappa shape index (κ2) is 11.6. The molecule has 0 amide bonds. The fraction of sp³-hybridized carbons (Fsp3) is 0.357. The molecule has 0 aliphatic carbocycles. The summed E-state index contributed by atoms with van der Waals surface area (Å²) in [6, 6.07) is 22.0. The minimum Gasteiger partial charge on any atom is -0.368 e. The highest BCUT2D eigenvalue weighted by molar-refractivity contribution is 5.18. The monoisotopic (exact) mass is 498 g/mol. The third-order valence-electron chi connectivity index (χ3n) is 6.25. The van der Waals surface area contributed by atoms with Crippen molar-refractivity contribution in [2.24, 2.45) is 0 Å². The second-order valence-electron chi connectivity index (χ2n) is 8.77. The van der Waals surface area contributed by atoms with E-state index in [0.29, 0.717) is 11.1 Å². The van der Waals surface area contributed by atoms with Crippen LogP contribution in [0.4, 0.5) is 8.78 Å². The maximum atomic E-state index is 13.8. The van der Waals surface area contributed by atoms with E-state index in [9.17, 15) is 8.78 Å². The highest BCUT2D eigenvalue weighted by atomic mass is 19.1. The van der Waals surface area contributed by atoms with Crippen molar-refractivity contribution in [3.05, 3.63) is 107 Å². The molecule has 8 heteroatoms. The van der Waals surface area contributed by atoms with Gasteiger partial charge in [0.05, 0.1) is 19.8 Å². The Balaban J connectivity index is 1.40. The highest BCUT2D eigenvalue weighted by Crippen LogP contribution is 2.37. The molecule has 0 N–H and O–H groups in total. The average Bonchev–Trinajstić information content (AvgIpc) is 2.90. The first kappa shape index (κ1) is 25.0. The Morgan fingerprint density at radius 3 is 2.03 bits per heavy atom. The summed E-state index contributed by atoms with van der Waals surface area (Å²) in [7, 11) is 1.52. The van der Waals surface area contributed by atoms with Crippen molar-refractivity contribution in [1.29, 1.82) is 0 Å². The molecule has 2 aliphatic rings. The van der Waals surface area contributed by atoms with Crippen molar-refractivity contribution in [2.45, 2.75) is 50.2 Å². The summed E-state index contributed by atoms with van der Waals surface area (Å²) in [6.45, 7) is 0.504. The van der Waals surface area contributed by atoms with Crippen LogP contribution in [0.15, 0.2) is 78.9 Å². The van der Waals surface area contributed by atoms with Gasteiger partial charge in [-0.1, -0.05) is 54.6 Å². The lowest BCUT2D eigenvalue weighted by atomic mass is 9.97. The lowest BCUT2D eigenvalue weighted by molar-refractivity contribution is -0.369. The SMILES string of the molecule is CO[C@H]1O[C@@H]2COC(c3ccccc3)O[C@H]2[C@H](OCc2cccc(F)c2)[C@H]1OCc1cccc(F)c1. The van der Waals surface area contributed by atoms with Gasteiger partial charge in [-0.2, -0.15) is 0 Å². The van der Waals surface area contributed by atoms with Gasteiger partial charge in [0, 0.05) is 12.7 Å². The molecular formula is C28H28F2O6. The summed E-state index contributed by atoms with van der Waals surface area (Å²) in [6.07, 6.45) is -3.76. The van der Waals surface area contributed by atoms with E-state index in [0.717, 1.165) is 5.56 Å². The number of rotatable bonds is 8. The first-order chi connectivity index (χ1) is 17.6. The maximum absolute atomic E-state index is 13.8. The molecule has 190 valence electrons. The minimum atomic E-state index is -0.780. The molecule has 2 saturated heterocycles. The summed E-state index contributed by atoms with van der Waals surface area (Å²) in [5, 5.41) is 0. The van der Waals surface area contributed by atoms with E-state index in [1.165, 1.54) is 31.4 Å². The average molecular weight is 499 g/mol. The van der Waals surface area contributed by atoms with Crippen LogP contribution >= 0.6 is 0 Å². The smallest absolute Gasteiger partial charge is 0.186 e. The molecule has 2 fully saturated rings. The summed E-state index contributed by atoms with van der Waals surface area (Å²) >= 11 is 0. The van der Waals surface area contributed by atoms with E-state index in [1.807, 2.05) is 30.3 Å². The van der Waals surface area contributed by atoms with Crippen LogP contribution in [0.5, 0.6) is 0 Å². The van der Waals surface area contributed by atoms with Gasteiger partial charge in [-0.25, -0.2) is 8.78 Å². The van der Waals surface area contributed by atoms with Crippen molar-refractivity contribution in [3.8, 4) is 0 Å². The molecule has 36 heavy (non-hydrogen) atoms. The van der Waals surface area contributed by atoms with Crippen molar-refractivity contribution in [3.63, 3.8) is 0 Å². The third kappa shape index (κ3) is 5.81. The molecule has 0 saturated carbocycles. The molecule has 0 spiro atoms. The lowest BCUT2D eigenvalue weighted by Crippen LogP contribution is -2.63. The zero-order valence-corrected chi connectivity index (χ0v) is 19.8. The van der Waals surface area contributed by atoms with Gasteiger partial charge in [-0.15, -0.1) is 0 Å². The van der Waals surface area contributed by atoms with Crippen LogP contribution in [0.25, 0.3) is 0 Å². The van der Waals surface area contributed by atoms with Crippen molar-refractivity contribution in [1.82, 2.24) is 0 Å². The predicted octanol–water partition coefficient (Wildman–Crippen LogP) is 4.92. The summed E-state index contributed by atoms with van der Waals surface area (Å²) in [5.74, 6) is -0.696.